The number of nitrogens with zero attached hydrogens (tertiary/aromatic N) is 3. The minimum absolute atomic E-state index is 0. The highest BCUT2D eigenvalue weighted by atomic mass is 35.5. The molecular formula is C15H15Cl2N3O2. The largest absolute Gasteiger partial charge is 0.478 e. The van der Waals surface area contributed by atoms with Gasteiger partial charge in [-0.1, -0.05) is 12.1 Å². The molecule has 0 saturated heterocycles. The van der Waals surface area contributed by atoms with Crippen molar-refractivity contribution in [2.24, 2.45) is 0 Å². The molecule has 1 aromatic carbocycles. The number of aromatic nitrogens is 3. The minimum atomic E-state index is -0.910. The fraction of sp³-hybridized carbons (Fsp3) is 0.133. The van der Waals surface area contributed by atoms with Gasteiger partial charge in [0.1, 0.15) is 11.3 Å². The second kappa shape index (κ2) is 7.24. The number of imidazole rings is 1. The molecule has 0 aliphatic rings. The van der Waals surface area contributed by atoms with Crippen LogP contribution in [0.4, 0.5) is 0 Å². The number of aryl methyl sites for hydroxylation is 1. The third-order valence-corrected chi connectivity index (χ3v) is 3.28. The maximum atomic E-state index is 10.8. The monoisotopic (exact) mass is 339 g/mol. The van der Waals surface area contributed by atoms with Gasteiger partial charge in [-0.05, 0) is 30.7 Å². The van der Waals surface area contributed by atoms with E-state index >= 15 is 0 Å². The molecule has 3 rings (SSSR count). The molecule has 0 aliphatic carbocycles. The fourth-order valence-electron chi connectivity index (χ4n) is 2.24. The van der Waals surface area contributed by atoms with Gasteiger partial charge in [0.2, 0.25) is 0 Å². The van der Waals surface area contributed by atoms with Crippen LogP contribution in [0.1, 0.15) is 21.7 Å². The van der Waals surface area contributed by atoms with Gasteiger partial charge in [0.25, 0.3) is 0 Å². The average Bonchev–Trinajstić information content (AvgIpc) is 2.76. The third kappa shape index (κ3) is 3.37. The molecule has 0 radical (unpaired) electrons. The minimum Gasteiger partial charge on any atom is -0.478 e. The second-order valence-electron chi connectivity index (χ2n) is 4.61. The Balaban J connectivity index is 0.00000121. The quantitative estimate of drug-likeness (QED) is 0.794. The van der Waals surface area contributed by atoms with Gasteiger partial charge in [0.05, 0.1) is 17.3 Å². The highest BCUT2D eigenvalue weighted by molar-refractivity contribution is 5.87. The molecule has 0 atom stereocenters. The Morgan fingerprint density at radius 3 is 2.50 bits per heavy atom. The molecule has 116 valence electrons. The van der Waals surface area contributed by atoms with Crippen LogP contribution in [-0.2, 0) is 6.54 Å². The molecule has 0 bridgehead atoms. The number of rotatable bonds is 3. The van der Waals surface area contributed by atoms with Gasteiger partial charge in [-0.15, -0.1) is 24.8 Å². The summed E-state index contributed by atoms with van der Waals surface area (Å²) < 4.78 is 2.09. The summed E-state index contributed by atoms with van der Waals surface area (Å²) in [7, 11) is 0. The summed E-state index contributed by atoms with van der Waals surface area (Å²) in [5.41, 5.74) is 3.23. The lowest BCUT2D eigenvalue weighted by atomic mass is 10.1. The summed E-state index contributed by atoms with van der Waals surface area (Å²) in [5, 5.41) is 8.90. The topological polar surface area (TPSA) is 68.0 Å². The standard InChI is InChI=1S/C15H13N3O2.2ClH/c1-10-17-13-8-16-7-6-14(13)18(10)9-11-2-4-12(5-3-11)15(19)20;;/h2-8H,9H2,1H3,(H,19,20);2*1H. The van der Waals surface area contributed by atoms with E-state index in [-0.39, 0.29) is 24.8 Å². The van der Waals surface area contributed by atoms with Crippen molar-refractivity contribution in [2.75, 3.05) is 0 Å². The Kier molecular flexibility index (Phi) is 5.91. The van der Waals surface area contributed by atoms with Crippen LogP contribution in [0, 0.1) is 6.92 Å². The Morgan fingerprint density at radius 2 is 1.86 bits per heavy atom. The van der Waals surface area contributed by atoms with Crippen molar-refractivity contribution in [1.82, 2.24) is 14.5 Å². The van der Waals surface area contributed by atoms with E-state index in [1.165, 1.54) is 0 Å². The number of carboxylic acids is 1. The van der Waals surface area contributed by atoms with Crippen molar-refractivity contribution in [2.45, 2.75) is 13.5 Å². The maximum Gasteiger partial charge on any atom is 0.335 e. The zero-order chi connectivity index (χ0) is 14.1. The van der Waals surface area contributed by atoms with Crippen LogP contribution in [0.5, 0.6) is 0 Å². The van der Waals surface area contributed by atoms with E-state index in [1.807, 2.05) is 25.1 Å². The number of hydrogen-bond acceptors (Lipinski definition) is 3. The first-order valence-electron chi connectivity index (χ1n) is 6.24. The normalized spacial score (nSPS) is 9.86. The van der Waals surface area contributed by atoms with Gasteiger partial charge in [0.15, 0.2) is 0 Å². The van der Waals surface area contributed by atoms with Crippen molar-refractivity contribution in [1.29, 1.82) is 0 Å². The van der Waals surface area contributed by atoms with E-state index in [2.05, 4.69) is 14.5 Å². The highest BCUT2D eigenvalue weighted by Crippen LogP contribution is 2.16. The molecule has 0 fully saturated rings. The molecule has 0 aliphatic heterocycles. The molecule has 7 heteroatoms. The summed E-state index contributed by atoms with van der Waals surface area (Å²) in [6, 6.07) is 8.83. The van der Waals surface area contributed by atoms with Crippen molar-refractivity contribution in [3.63, 3.8) is 0 Å². The Morgan fingerprint density at radius 1 is 1.18 bits per heavy atom. The summed E-state index contributed by atoms with van der Waals surface area (Å²) in [6.45, 7) is 2.61. The summed E-state index contributed by atoms with van der Waals surface area (Å²) >= 11 is 0. The van der Waals surface area contributed by atoms with Crippen molar-refractivity contribution in [3.8, 4) is 0 Å². The van der Waals surface area contributed by atoms with Crippen molar-refractivity contribution < 1.29 is 9.90 Å². The number of hydrogen-bond donors (Lipinski definition) is 1. The van der Waals surface area contributed by atoms with Gasteiger partial charge < -0.3 is 9.67 Å². The van der Waals surface area contributed by atoms with Gasteiger partial charge in [-0.2, -0.15) is 0 Å². The number of carbonyl (C=O) groups is 1. The van der Waals surface area contributed by atoms with Crippen LogP contribution >= 0.6 is 24.8 Å². The lowest BCUT2D eigenvalue weighted by Crippen LogP contribution is -2.03. The summed E-state index contributed by atoms with van der Waals surface area (Å²) in [5.74, 6) is 0.00203. The predicted octanol–water partition coefficient (Wildman–Crippen LogP) is 3.33. The summed E-state index contributed by atoms with van der Waals surface area (Å²) in [4.78, 5) is 19.4. The molecule has 0 unspecified atom stereocenters. The number of carboxylic acid groups (broad SMARTS) is 1. The molecule has 1 N–H and O–H groups in total. The molecule has 2 heterocycles. The summed E-state index contributed by atoms with van der Waals surface area (Å²) in [6.07, 6.45) is 3.49. The maximum absolute atomic E-state index is 10.8. The van der Waals surface area contributed by atoms with E-state index in [9.17, 15) is 4.79 Å². The van der Waals surface area contributed by atoms with Gasteiger partial charge in [-0.3, -0.25) is 4.98 Å². The number of benzene rings is 1. The van der Waals surface area contributed by atoms with Crippen LogP contribution < -0.4 is 0 Å². The van der Waals surface area contributed by atoms with Gasteiger partial charge in [-0.25, -0.2) is 9.78 Å². The highest BCUT2D eigenvalue weighted by Gasteiger charge is 2.08. The fourth-order valence-corrected chi connectivity index (χ4v) is 2.24. The average molecular weight is 340 g/mol. The van der Waals surface area contributed by atoms with E-state index in [0.717, 1.165) is 22.4 Å². The van der Waals surface area contributed by atoms with E-state index in [0.29, 0.717) is 12.1 Å². The third-order valence-electron chi connectivity index (χ3n) is 3.28. The first-order valence-corrected chi connectivity index (χ1v) is 6.24. The van der Waals surface area contributed by atoms with Crippen LogP contribution in [0.15, 0.2) is 42.7 Å². The van der Waals surface area contributed by atoms with E-state index in [4.69, 9.17) is 5.11 Å². The Labute approximate surface area is 139 Å². The van der Waals surface area contributed by atoms with Crippen LogP contribution in [0.2, 0.25) is 0 Å². The molecule has 3 aromatic rings. The number of fused-ring (bicyclic) bond motifs is 1. The molecule has 0 amide bonds. The number of pyridine rings is 1. The Bertz CT molecular complexity index is 785. The lowest BCUT2D eigenvalue weighted by Gasteiger charge is -2.07. The second-order valence-corrected chi connectivity index (χ2v) is 4.61. The zero-order valence-corrected chi connectivity index (χ0v) is 13.4. The van der Waals surface area contributed by atoms with E-state index in [1.54, 1.807) is 24.5 Å². The van der Waals surface area contributed by atoms with Gasteiger partial charge in [0, 0.05) is 12.7 Å². The first-order chi connectivity index (χ1) is 9.65. The van der Waals surface area contributed by atoms with Gasteiger partial charge >= 0.3 is 5.97 Å². The molecule has 2 aromatic heterocycles. The molecular weight excluding hydrogens is 325 g/mol. The van der Waals surface area contributed by atoms with Crippen LogP contribution in [0.25, 0.3) is 11.0 Å². The van der Waals surface area contributed by atoms with E-state index < -0.39 is 5.97 Å². The molecule has 0 spiro atoms. The van der Waals surface area contributed by atoms with Crippen molar-refractivity contribution >= 4 is 41.8 Å². The van der Waals surface area contributed by atoms with Crippen LogP contribution in [-0.4, -0.2) is 25.6 Å². The molecule has 22 heavy (non-hydrogen) atoms. The zero-order valence-electron chi connectivity index (χ0n) is 11.8. The predicted molar refractivity (Wildman–Crippen MR) is 89.3 cm³/mol. The smallest absolute Gasteiger partial charge is 0.335 e. The Hall–Kier alpha value is -2.11. The lowest BCUT2D eigenvalue weighted by molar-refractivity contribution is 0.0697. The van der Waals surface area contributed by atoms with Crippen LogP contribution in [0.3, 0.4) is 0 Å². The molecule has 5 nitrogen and oxygen atoms in total. The molecule has 0 saturated carbocycles. The van der Waals surface area contributed by atoms with Crippen molar-refractivity contribution in [3.05, 3.63) is 59.7 Å². The first kappa shape index (κ1) is 17.9. The number of halogens is 2. The number of aromatic carboxylic acids is 1. The SMILES string of the molecule is Cc1nc2cnccc2n1Cc1ccc(C(=O)O)cc1.Cl.Cl.